The van der Waals surface area contributed by atoms with Crippen LogP contribution in [-0.4, -0.2) is 19.6 Å². The molecule has 0 amide bonds. The molecule has 0 heterocycles. The summed E-state index contributed by atoms with van der Waals surface area (Å²) in [5, 5.41) is 6.45. The Labute approximate surface area is 131 Å². The first-order valence-electron chi connectivity index (χ1n) is 6.47. The molecule has 0 radical (unpaired) electrons. The van der Waals surface area contributed by atoms with Crippen LogP contribution in [0, 0.1) is 11.7 Å². The van der Waals surface area contributed by atoms with E-state index in [4.69, 9.17) is 0 Å². The molecule has 1 aromatic rings. The lowest BCUT2D eigenvalue weighted by molar-refractivity contribution is 0.624. The van der Waals surface area contributed by atoms with Gasteiger partial charge in [-0.15, -0.1) is 24.0 Å². The Bertz CT molecular complexity index is 419. The van der Waals surface area contributed by atoms with Gasteiger partial charge in [-0.3, -0.25) is 4.99 Å². The molecule has 2 rings (SSSR count). The molecule has 19 heavy (non-hydrogen) atoms. The van der Waals surface area contributed by atoms with Crippen molar-refractivity contribution in [3.63, 3.8) is 0 Å². The van der Waals surface area contributed by atoms with Gasteiger partial charge < -0.3 is 10.6 Å². The molecule has 1 saturated carbocycles. The Morgan fingerprint density at radius 1 is 1.37 bits per heavy atom. The average molecular weight is 377 g/mol. The predicted octanol–water partition coefficient (Wildman–Crippen LogP) is 2.91. The van der Waals surface area contributed by atoms with Gasteiger partial charge in [0, 0.05) is 20.1 Å². The molecule has 0 bridgehead atoms. The third-order valence-electron chi connectivity index (χ3n) is 3.11. The highest BCUT2D eigenvalue weighted by Crippen LogP contribution is 2.31. The fourth-order valence-electron chi connectivity index (χ4n) is 1.85. The van der Waals surface area contributed by atoms with Crippen molar-refractivity contribution in [1.29, 1.82) is 0 Å². The molecule has 5 heteroatoms. The summed E-state index contributed by atoms with van der Waals surface area (Å²) in [7, 11) is 1.75. The molecule has 106 valence electrons. The minimum atomic E-state index is -0.203. The molecule has 0 saturated heterocycles. The minimum absolute atomic E-state index is 0. The maximum Gasteiger partial charge on any atom is 0.191 e. The number of hydrogen-bond donors (Lipinski definition) is 2. The van der Waals surface area contributed by atoms with Gasteiger partial charge in [0.2, 0.25) is 0 Å². The maximum absolute atomic E-state index is 13.0. The fourth-order valence-corrected chi connectivity index (χ4v) is 1.85. The molecule has 0 atom stereocenters. The number of hydrogen-bond acceptors (Lipinski definition) is 1. The van der Waals surface area contributed by atoms with E-state index in [1.165, 1.54) is 31.4 Å². The van der Waals surface area contributed by atoms with E-state index in [-0.39, 0.29) is 29.8 Å². The third kappa shape index (κ3) is 6.22. The Balaban J connectivity index is 0.00000180. The van der Waals surface area contributed by atoms with Crippen LogP contribution >= 0.6 is 24.0 Å². The van der Waals surface area contributed by atoms with E-state index < -0.39 is 0 Å². The standard InChI is InChI=1S/C14H20FN3.HI/c1-16-14(17-8-7-11-5-6-11)18-10-12-3-2-4-13(15)9-12;/h2-4,9,11H,5-8,10H2,1H3,(H2,16,17,18);1H. The summed E-state index contributed by atoms with van der Waals surface area (Å²) in [6.45, 7) is 1.54. The first kappa shape index (κ1) is 16.2. The van der Waals surface area contributed by atoms with Crippen molar-refractivity contribution >= 4 is 29.9 Å². The first-order valence-corrected chi connectivity index (χ1v) is 6.47. The van der Waals surface area contributed by atoms with E-state index in [1.54, 1.807) is 13.1 Å². The van der Waals surface area contributed by atoms with Crippen LogP contribution in [0.3, 0.4) is 0 Å². The van der Waals surface area contributed by atoms with Crippen molar-refractivity contribution in [3.8, 4) is 0 Å². The van der Waals surface area contributed by atoms with E-state index in [0.717, 1.165) is 24.0 Å². The highest BCUT2D eigenvalue weighted by molar-refractivity contribution is 14.0. The van der Waals surface area contributed by atoms with Crippen LogP contribution in [0.25, 0.3) is 0 Å². The number of benzene rings is 1. The Kier molecular flexibility index (Phi) is 7.12. The summed E-state index contributed by atoms with van der Waals surface area (Å²) < 4.78 is 13.0. The van der Waals surface area contributed by atoms with Crippen molar-refractivity contribution in [3.05, 3.63) is 35.6 Å². The summed E-state index contributed by atoms with van der Waals surface area (Å²) in [4.78, 5) is 4.14. The van der Waals surface area contributed by atoms with Gasteiger partial charge in [0.1, 0.15) is 5.82 Å². The van der Waals surface area contributed by atoms with Crippen LogP contribution in [0.15, 0.2) is 29.3 Å². The lowest BCUT2D eigenvalue weighted by Gasteiger charge is -2.11. The lowest BCUT2D eigenvalue weighted by Crippen LogP contribution is -2.37. The summed E-state index contributed by atoms with van der Waals surface area (Å²) in [6, 6.07) is 6.60. The van der Waals surface area contributed by atoms with E-state index >= 15 is 0 Å². The zero-order valence-electron chi connectivity index (χ0n) is 11.2. The van der Waals surface area contributed by atoms with Gasteiger partial charge in [-0.25, -0.2) is 4.39 Å². The second-order valence-corrected chi connectivity index (χ2v) is 4.71. The summed E-state index contributed by atoms with van der Waals surface area (Å²) >= 11 is 0. The smallest absolute Gasteiger partial charge is 0.191 e. The van der Waals surface area contributed by atoms with Gasteiger partial charge in [0.05, 0.1) is 0 Å². The number of guanidine groups is 1. The Morgan fingerprint density at radius 2 is 2.16 bits per heavy atom. The third-order valence-corrected chi connectivity index (χ3v) is 3.11. The van der Waals surface area contributed by atoms with Crippen LogP contribution in [0.2, 0.25) is 0 Å². The van der Waals surface area contributed by atoms with Crippen molar-refractivity contribution < 1.29 is 4.39 Å². The van der Waals surface area contributed by atoms with Gasteiger partial charge in [0.25, 0.3) is 0 Å². The molecule has 3 nitrogen and oxygen atoms in total. The molecular formula is C14H21FIN3. The van der Waals surface area contributed by atoms with Crippen molar-refractivity contribution in [2.24, 2.45) is 10.9 Å². The Morgan fingerprint density at radius 3 is 2.79 bits per heavy atom. The van der Waals surface area contributed by atoms with Gasteiger partial charge in [-0.05, 0) is 30.0 Å². The monoisotopic (exact) mass is 377 g/mol. The van der Waals surface area contributed by atoms with Gasteiger partial charge >= 0.3 is 0 Å². The first-order chi connectivity index (χ1) is 8.78. The summed E-state index contributed by atoms with van der Waals surface area (Å²) in [6.07, 6.45) is 3.95. The molecule has 1 aliphatic rings. The maximum atomic E-state index is 13.0. The zero-order valence-corrected chi connectivity index (χ0v) is 13.5. The largest absolute Gasteiger partial charge is 0.356 e. The highest BCUT2D eigenvalue weighted by Gasteiger charge is 2.20. The molecule has 1 fully saturated rings. The summed E-state index contributed by atoms with van der Waals surface area (Å²) in [5.41, 5.74) is 0.917. The molecule has 0 aliphatic heterocycles. The van der Waals surface area contributed by atoms with Gasteiger partial charge in [-0.2, -0.15) is 0 Å². The fraction of sp³-hybridized carbons (Fsp3) is 0.500. The number of aliphatic imine (C=N–C) groups is 1. The number of nitrogens with zero attached hydrogens (tertiary/aromatic N) is 1. The molecule has 1 aromatic carbocycles. The number of nitrogens with one attached hydrogen (secondary N) is 2. The van der Waals surface area contributed by atoms with E-state index in [0.29, 0.717) is 6.54 Å². The van der Waals surface area contributed by atoms with Crippen molar-refractivity contribution in [2.75, 3.05) is 13.6 Å². The molecule has 1 aliphatic carbocycles. The number of rotatable bonds is 5. The molecule has 0 aromatic heterocycles. The van der Waals surface area contributed by atoms with Crippen molar-refractivity contribution in [1.82, 2.24) is 10.6 Å². The van der Waals surface area contributed by atoms with Crippen molar-refractivity contribution in [2.45, 2.75) is 25.8 Å². The van der Waals surface area contributed by atoms with Gasteiger partial charge in [-0.1, -0.05) is 25.0 Å². The second-order valence-electron chi connectivity index (χ2n) is 4.71. The van der Waals surface area contributed by atoms with Crippen LogP contribution in [0.5, 0.6) is 0 Å². The second kappa shape index (κ2) is 8.35. The van der Waals surface area contributed by atoms with Crippen LogP contribution < -0.4 is 10.6 Å². The topological polar surface area (TPSA) is 36.4 Å². The zero-order chi connectivity index (χ0) is 12.8. The SMILES string of the molecule is CN=C(NCCC1CC1)NCc1cccc(F)c1.I. The Hall–Kier alpha value is -0.850. The predicted molar refractivity (Wildman–Crippen MR) is 87.4 cm³/mol. The molecule has 0 spiro atoms. The molecule has 2 N–H and O–H groups in total. The quantitative estimate of drug-likeness (QED) is 0.470. The van der Waals surface area contributed by atoms with Crippen LogP contribution in [0.1, 0.15) is 24.8 Å². The lowest BCUT2D eigenvalue weighted by atomic mass is 10.2. The van der Waals surface area contributed by atoms with E-state index in [9.17, 15) is 4.39 Å². The summed E-state index contributed by atoms with van der Waals surface area (Å²) in [5.74, 6) is 1.49. The molecule has 0 unspecified atom stereocenters. The normalized spacial score (nSPS) is 14.7. The van der Waals surface area contributed by atoms with E-state index in [1.807, 2.05) is 6.07 Å². The van der Waals surface area contributed by atoms with Crippen LogP contribution in [0.4, 0.5) is 4.39 Å². The average Bonchev–Trinajstić information content (AvgIpc) is 3.17. The number of halogens is 2. The molecular weight excluding hydrogens is 356 g/mol. The minimum Gasteiger partial charge on any atom is -0.356 e. The highest BCUT2D eigenvalue weighted by atomic mass is 127. The van der Waals surface area contributed by atoms with Crippen LogP contribution in [-0.2, 0) is 6.54 Å². The van der Waals surface area contributed by atoms with Gasteiger partial charge in [0.15, 0.2) is 5.96 Å². The van der Waals surface area contributed by atoms with E-state index in [2.05, 4.69) is 15.6 Å².